The van der Waals surface area contributed by atoms with Gasteiger partial charge in [-0.1, -0.05) is 12.1 Å². The zero-order chi connectivity index (χ0) is 22.9. The fourth-order valence-electron chi connectivity index (χ4n) is 3.84. The number of hydrogen-bond donors (Lipinski definition) is 2. The normalized spacial score (nSPS) is 18.5. The van der Waals surface area contributed by atoms with Crippen molar-refractivity contribution in [3.63, 3.8) is 0 Å². The van der Waals surface area contributed by atoms with E-state index in [0.717, 1.165) is 0 Å². The molecule has 0 bridgehead atoms. The fraction of sp³-hybridized carbons (Fsp3) is 0.286. The first-order valence-corrected chi connectivity index (χ1v) is 11.3. The van der Waals surface area contributed by atoms with E-state index in [0.29, 0.717) is 36.4 Å². The molecule has 2 aromatic carbocycles. The molecule has 11 heteroatoms. The van der Waals surface area contributed by atoms with Gasteiger partial charge in [0.1, 0.15) is 10.9 Å². The summed E-state index contributed by atoms with van der Waals surface area (Å²) in [5.74, 6) is 0.120. The first-order chi connectivity index (χ1) is 15.4. The number of ether oxygens (including phenoxy) is 2. The van der Waals surface area contributed by atoms with E-state index in [1.54, 1.807) is 35.2 Å². The molecule has 0 spiro atoms. The quantitative estimate of drug-likeness (QED) is 0.657. The average Bonchev–Trinajstić information content (AvgIpc) is 3.39. The van der Waals surface area contributed by atoms with Crippen LogP contribution in [0.15, 0.2) is 51.8 Å². The molecule has 2 amide bonds. The number of hydrazine groups is 1. The number of carbonyl (C=O) groups is 2. The number of rotatable bonds is 4. The van der Waals surface area contributed by atoms with Gasteiger partial charge in [0.05, 0.1) is 14.2 Å². The van der Waals surface area contributed by atoms with Gasteiger partial charge in [-0.15, -0.1) is 4.40 Å². The van der Waals surface area contributed by atoms with E-state index in [9.17, 15) is 18.0 Å². The molecule has 0 unspecified atom stereocenters. The molecule has 2 N–H and O–H groups in total. The molecule has 1 fully saturated rings. The lowest BCUT2D eigenvalue weighted by molar-refractivity contribution is -0.125. The Hall–Kier alpha value is -3.60. The van der Waals surface area contributed by atoms with E-state index in [1.165, 1.54) is 26.4 Å². The zero-order valence-corrected chi connectivity index (χ0v) is 18.3. The molecular formula is C21H22N4O6S. The van der Waals surface area contributed by atoms with Crippen LogP contribution < -0.4 is 20.3 Å². The highest BCUT2D eigenvalue weighted by Gasteiger charge is 2.39. The molecule has 2 aliphatic rings. The van der Waals surface area contributed by atoms with Crippen molar-refractivity contribution >= 4 is 27.7 Å². The van der Waals surface area contributed by atoms with Crippen molar-refractivity contribution in [1.82, 2.24) is 15.8 Å². The summed E-state index contributed by atoms with van der Waals surface area (Å²) < 4.78 is 39.0. The second-order valence-electron chi connectivity index (χ2n) is 7.25. The van der Waals surface area contributed by atoms with Crippen LogP contribution in [-0.4, -0.2) is 57.8 Å². The number of likely N-dealkylation sites (tertiary alicyclic amines) is 1. The summed E-state index contributed by atoms with van der Waals surface area (Å²) in [6.07, 6.45) is 1.18. The SMILES string of the molecule is COc1ccc(C(=O)NNC(=O)[C@@H]2CCCN2C2=NS(=O)(=O)c3ccccc32)cc1OC. The number of methoxy groups -OCH3 is 2. The van der Waals surface area contributed by atoms with Gasteiger partial charge in [-0.05, 0) is 43.2 Å². The molecule has 168 valence electrons. The second kappa shape index (κ2) is 8.50. The lowest BCUT2D eigenvalue weighted by Crippen LogP contribution is -2.51. The van der Waals surface area contributed by atoms with Crippen molar-refractivity contribution in [2.45, 2.75) is 23.8 Å². The van der Waals surface area contributed by atoms with E-state index >= 15 is 0 Å². The molecule has 0 radical (unpaired) electrons. The smallest absolute Gasteiger partial charge is 0.285 e. The van der Waals surface area contributed by atoms with E-state index in [1.807, 2.05) is 0 Å². The number of benzene rings is 2. The number of amides is 2. The molecule has 0 aromatic heterocycles. The maximum absolute atomic E-state index is 12.8. The van der Waals surface area contributed by atoms with Crippen molar-refractivity contribution in [1.29, 1.82) is 0 Å². The molecule has 2 aliphatic heterocycles. The van der Waals surface area contributed by atoms with E-state index < -0.39 is 27.9 Å². The third-order valence-corrected chi connectivity index (χ3v) is 6.71. The molecule has 0 saturated carbocycles. The van der Waals surface area contributed by atoms with Crippen LogP contribution in [0.1, 0.15) is 28.8 Å². The van der Waals surface area contributed by atoms with Crippen molar-refractivity contribution in [2.24, 2.45) is 4.40 Å². The number of hydrogen-bond acceptors (Lipinski definition) is 7. The van der Waals surface area contributed by atoms with Gasteiger partial charge in [-0.2, -0.15) is 8.42 Å². The Balaban J connectivity index is 1.47. The summed E-state index contributed by atoms with van der Waals surface area (Å²) in [5.41, 5.74) is 5.57. The Morgan fingerprint density at radius 2 is 1.81 bits per heavy atom. The third kappa shape index (κ3) is 3.86. The Morgan fingerprint density at radius 1 is 1.06 bits per heavy atom. The summed E-state index contributed by atoms with van der Waals surface area (Å²) in [6, 6.07) is 10.5. The highest BCUT2D eigenvalue weighted by Crippen LogP contribution is 2.31. The minimum absolute atomic E-state index is 0.128. The molecule has 1 saturated heterocycles. The molecule has 2 heterocycles. The van der Waals surface area contributed by atoms with Gasteiger partial charge < -0.3 is 14.4 Å². The minimum Gasteiger partial charge on any atom is -0.493 e. The molecule has 10 nitrogen and oxygen atoms in total. The molecule has 1 atom stereocenters. The van der Waals surface area contributed by atoms with Gasteiger partial charge in [0.25, 0.3) is 21.8 Å². The van der Waals surface area contributed by atoms with Gasteiger partial charge in [0, 0.05) is 17.7 Å². The Morgan fingerprint density at radius 3 is 2.56 bits per heavy atom. The van der Waals surface area contributed by atoms with Crippen LogP contribution in [-0.2, 0) is 14.8 Å². The van der Waals surface area contributed by atoms with Gasteiger partial charge >= 0.3 is 0 Å². The summed E-state index contributed by atoms with van der Waals surface area (Å²) in [7, 11) is -0.845. The Labute approximate surface area is 185 Å². The number of carbonyl (C=O) groups excluding carboxylic acids is 2. The van der Waals surface area contributed by atoms with E-state index in [-0.39, 0.29) is 16.3 Å². The van der Waals surface area contributed by atoms with Crippen molar-refractivity contribution in [2.75, 3.05) is 20.8 Å². The first-order valence-electron chi connectivity index (χ1n) is 9.89. The van der Waals surface area contributed by atoms with Crippen LogP contribution in [0.5, 0.6) is 11.5 Å². The third-order valence-electron chi connectivity index (χ3n) is 5.38. The van der Waals surface area contributed by atoms with Crippen molar-refractivity contribution in [3.8, 4) is 11.5 Å². The largest absolute Gasteiger partial charge is 0.493 e. The zero-order valence-electron chi connectivity index (χ0n) is 17.5. The summed E-state index contributed by atoms with van der Waals surface area (Å²) >= 11 is 0. The van der Waals surface area contributed by atoms with Crippen LogP contribution in [0, 0.1) is 0 Å². The number of amidine groups is 1. The van der Waals surface area contributed by atoms with E-state index in [4.69, 9.17) is 9.47 Å². The van der Waals surface area contributed by atoms with Crippen LogP contribution in [0.25, 0.3) is 0 Å². The topological polar surface area (TPSA) is 126 Å². The standard InChI is InChI=1S/C21H22N4O6S/c1-30-16-10-9-13(12-17(16)31-2)20(26)22-23-21(27)15-7-5-11-25(15)19-14-6-3-4-8-18(14)32(28,29)24-19/h3-4,6,8-10,12,15H,5,7,11H2,1-2H3,(H,22,26)(H,23,27)/t15-/m0/s1. The highest BCUT2D eigenvalue weighted by atomic mass is 32.2. The Kier molecular flexibility index (Phi) is 5.74. The van der Waals surface area contributed by atoms with Crippen molar-refractivity contribution in [3.05, 3.63) is 53.6 Å². The lowest BCUT2D eigenvalue weighted by atomic mass is 10.1. The first kappa shape index (κ1) is 21.6. The molecule has 0 aliphatic carbocycles. The van der Waals surface area contributed by atoms with Crippen LogP contribution in [0.2, 0.25) is 0 Å². The number of fused-ring (bicyclic) bond motifs is 1. The van der Waals surface area contributed by atoms with Gasteiger partial charge in [0.15, 0.2) is 17.3 Å². The average molecular weight is 458 g/mol. The maximum Gasteiger partial charge on any atom is 0.285 e. The Bertz CT molecular complexity index is 1210. The van der Waals surface area contributed by atoms with Gasteiger partial charge in [-0.25, -0.2) is 0 Å². The number of nitrogens with one attached hydrogen (secondary N) is 2. The summed E-state index contributed by atoms with van der Waals surface area (Å²) in [4.78, 5) is 27.1. The molecular weight excluding hydrogens is 436 g/mol. The molecule has 32 heavy (non-hydrogen) atoms. The minimum atomic E-state index is -3.79. The molecule has 4 rings (SSSR count). The predicted molar refractivity (Wildman–Crippen MR) is 115 cm³/mol. The van der Waals surface area contributed by atoms with Gasteiger partial charge in [-0.3, -0.25) is 20.4 Å². The molecule has 2 aromatic rings. The van der Waals surface area contributed by atoms with Crippen LogP contribution in [0.3, 0.4) is 0 Å². The number of nitrogens with zero attached hydrogens (tertiary/aromatic N) is 2. The maximum atomic E-state index is 12.8. The van der Waals surface area contributed by atoms with Crippen molar-refractivity contribution < 1.29 is 27.5 Å². The predicted octanol–water partition coefficient (Wildman–Crippen LogP) is 1.08. The lowest BCUT2D eigenvalue weighted by Gasteiger charge is -2.25. The van der Waals surface area contributed by atoms with Gasteiger partial charge in [0.2, 0.25) is 0 Å². The van der Waals surface area contributed by atoms with E-state index in [2.05, 4.69) is 15.2 Å². The highest BCUT2D eigenvalue weighted by molar-refractivity contribution is 7.90. The fourth-order valence-corrected chi connectivity index (χ4v) is 5.06. The second-order valence-corrected chi connectivity index (χ2v) is 8.82. The number of sulfonamides is 1. The van der Waals surface area contributed by atoms with Crippen LogP contribution in [0.4, 0.5) is 0 Å². The monoisotopic (exact) mass is 458 g/mol. The van der Waals surface area contributed by atoms with Crippen LogP contribution >= 0.6 is 0 Å². The summed E-state index contributed by atoms with van der Waals surface area (Å²) in [5, 5.41) is 0. The summed E-state index contributed by atoms with van der Waals surface area (Å²) in [6.45, 7) is 0.477.